The van der Waals surface area contributed by atoms with Crippen molar-refractivity contribution in [1.82, 2.24) is 15.2 Å². The fourth-order valence-electron chi connectivity index (χ4n) is 4.97. The van der Waals surface area contributed by atoms with Gasteiger partial charge >= 0.3 is 0 Å². The lowest BCUT2D eigenvalue weighted by Gasteiger charge is -2.49. The predicted molar refractivity (Wildman–Crippen MR) is 108 cm³/mol. The zero-order chi connectivity index (χ0) is 19.1. The molecule has 1 aliphatic heterocycles. The lowest BCUT2D eigenvalue weighted by atomic mass is 9.69. The van der Waals surface area contributed by atoms with Gasteiger partial charge in [0, 0.05) is 23.8 Å². The number of anilines is 1. The topological polar surface area (TPSA) is 51.6 Å². The summed E-state index contributed by atoms with van der Waals surface area (Å²) < 4.78 is 0. The highest BCUT2D eigenvalue weighted by Gasteiger charge is 2.50. The maximum atomic E-state index is 10.7. The van der Waals surface area contributed by atoms with Crippen LogP contribution >= 0.6 is 0 Å². The van der Waals surface area contributed by atoms with Crippen molar-refractivity contribution in [2.75, 3.05) is 25.5 Å². The molecule has 144 valence electrons. The normalized spacial score (nSPS) is 31.0. The fourth-order valence-corrected chi connectivity index (χ4v) is 4.97. The van der Waals surface area contributed by atoms with Gasteiger partial charge in [-0.15, -0.1) is 0 Å². The largest absolute Gasteiger partial charge is 0.361 e. The van der Waals surface area contributed by atoms with Crippen molar-refractivity contribution < 1.29 is 5.11 Å². The van der Waals surface area contributed by atoms with E-state index in [0.717, 1.165) is 43.6 Å². The molecule has 1 aromatic heterocycles. The third-order valence-corrected chi connectivity index (χ3v) is 6.66. The highest BCUT2D eigenvalue weighted by Crippen LogP contribution is 2.46. The van der Waals surface area contributed by atoms with E-state index in [9.17, 15) is 5.11 Å². The summed E-state index contributed by atoms with van der Waals surface area (Å²) in [6.45, 7) is 2.84. The molecule has 0 bridgehead atoms. The number of aromatic nitrogens is 1. The smallest absolute Gasteiger partial charge is 0.185 e. The fraction of sp³-hybridized carbons (Fsp3) is 0.500. The second kappa shape index (κ2) is 6.89. The molecule has 1 atom stereocenters. The Labute approximate surface area is 162 Å². The van der Waals surface area contributed by atoms with Crippen molar-refractivity contribution in [1.29, 1.82) is 0 Å². The molecular formula is C22H30N4O. The van der Waals surface area contributed by atoms with Crippen LogP contribution in [0.1, 0.15) is 36.8 Å². The van der Waals surface area contributed by atoms with E-state index in [1.807, 2.05) is 24.0 Å². The molecule has 0 radical (unpaired) electrons. The standard InChI is InChI=1S/C22H30N4O/c1-17-8-7-15-23-19(17)26-16-21(24-20(26)27)11-13-22(14-12-21,25(2)3)18-9-5-4-6-10-18/h4-10,15,20,24,27H,11-14,16H2,1-3H3/t20?,21-,22+. The van der Waals surface area contributed by atoms with Crippen molar-refractivity contribution in [3.05, 3.63) is 59.8 Å². The minimum atomic E-state index is -0.679. The van der Waals surface area contributed by atoms with E-state index >= 15 is 0 Å². The third kappa shape index (κ3) is 3.14. The Morgan fingerprint density at radius 2 is 1.78 bits per heavy atom. The molecule has 2 fully saturated rings. The van der Waals surface area contributed by atoms with Crippen LogP contribution in [-0.2, 0) is 5.54 Å². The first-order valence-corrected chi connectivity index (χ1v) is 9.83. The average Bonchev–Trinajstić information content (AvgIpc) is 2.99. The van der Waals surface area contributed by atoms with Crippen LogP contribution in [-0.4, -0.2) is 47.5 Å². The predicted octanol–water partition coefficient (Wildman–Crippen LogP) is 2.85. The van der Waals surface area contributed by atoms with E-state index in [1.165, 1.54) is 5.56 Å². The van der Waals surface area contributed by atoms with Crippen LogP contribution in [0.25, 0.3) is 0 Å². The van der Waals surface area contributed by atoms with Crippen LogP contribution in [0.15, 0.2) is 48.7 Å². The van der Waals surface area contributed by atoms with Crippen LogP contribution in [0.5, 0.6) is 0 Å². The minimum absolute atomic E-state index is 0.0579. The Bertz CT molecular complexity index is 784. The molecule has 1 saturated heterocycles. The minimum Gasteiger partial charge on any atom is -0.361 e. The Hall–Kier alpha value is -1.95. The van der Waals surface area contributed by atoms with Gasteiger partial charge in [0.05, 0.1) is 0 Å². The average molecular weight is 367 g/mol. The second-order valence-electron chi connectivity index (χ2n) is 8.36. The summed E-state index contributed by atoms with van der Waals surface area (Å²) in [5.74, 6) is 0.877. The number of hydrogen-bond acceptors (Lipinski definition) is 5. The number of aryl methyl sites for hydroxylation is 1. The molecule has 2 N–H and O–H groups in total. The number of aliphatic hydroxyl groups excluding tert-OH is 1. The molecule has 5 heteroatoms. The van der Waals surface area contributed by atoms with Gasteiger partial charge in [0.25, 0.3) is 0 Å². The van der Waals surface area contributed by atoms with Crippen molar-refractivity contribution in [2.45, 2.75) is 50.0 Å². The molecular weight excluding hydrogens is 336 g/mol. The first kappa shape index (κ1) is 18.4. The quantitative estimate of drug-likeness (QED) is 0.875. The van der Waals surface area contributed by atoms with Crippen molar-refractivity contribution in [3.63, 3.8) is 0 Å². The number of nitrogens with one attached hydrogen (secondary N) is 1. The second-order valence-corrected chi connectivity index (χ2v) is 8.36. The molecule has 1 saturated carbocycles. The number of rotatable bonds is 3. The Morgan fingerprint density at radius 1 is 1.07 bits per heavy atom. The lowest BCUT2D eigenvalue weighted by Crippen LogP contribution is -2.54. The summed E-state index contributed by atoms with van der Waals surface area (Å²) in [7, 11) is 4.37. The van der Waals surface area contributed by atoms with Crippen LogP contribution in [0.4, 0.5) is 5.82 Å². The van der Waals surface area contributed by atoms with Gasteiger partial charge in [0.15, 0.2) is 6.35 Å². The molecule has 27 heavy (non-hydrogen) atoms. The van der Waals surface area contributed by atoms with E-state index in [0.29, 0.717) is 0 Å². The van der Waals surface area contributed by atoms with Crippen molar-refractivity contribution in [2.24, 2.45) is 0 Å². The van der Waals surface area contributed by atoms with Gasteiger partial charge in [-0.1, -0.05) is 36.4 Å². The summed E-state index contributed by atoms with van der Waals surface area (Å²) >= 11 is 0. The molecule has 0 amide bonds. The SMILES string of the molecule is Cc1cccnc1N1C[C@]2(CC[C@](c3ccccc3)(N(C)C)CC2)NC1O. The number of hydrogen-bond donors (Lipinski definition) is 2. The van der Waals surface area contributed by atoms with E-state index in [-0.39, 0.29) is 11.1 Å². The van der Waals surface area contributed by atoms with Crippen LogP contribution in [0.2, 0.25) is 0 Å². The summed E-state index contributed by atoms with van der Waals surface area (Å²) in [6.07, 6.45) is 5.31. The van der Waals surface area contributed by atoms with E-state index in [1.54, 1.807) is 6.20 Å². The monoisotopic (exact) mass is 366 g/mol. The van der Waals surface area contributed by atoms with Gasteiger partial charge in [-0.25, -0.2) is 4.98 Å². The molecule has 1 unspecified atom stereocenters. The molecule has 4 rings (SSSR count). The van der Waals surface area contributed by atoms with Crippen LogP contribution in [0.3, 0.4) is 0 Å². The maximum absolute atomic E-state index is 10.7. The number of benzene rings is 1. The summed E-state index contributed by atoms with van der Waals surface area (Å²) in [5.41, 5.74) is 2.49. The van der Waals surface area contributed by atoms with Gasteiger partial charge in [-0.3, -0.25) is 10.2 Å². The highest BCUT2D eigenvalue weighted by atomic mass is 16.3. The first-order chi connectivity index (χ1) is 13.0. The molecule has 2 aromatic rings. The summed E-state index contributed by atoms with van der Waals surface area (Å²) in [6, 6.07) is 14.8. The van der Waals surface area contributed by atoms with E-state index in [4.69, 9.17) is 0 Å². The first-order valence-electron chi connectivity index (χ1n) is 9.83. The van der Waals surface area contributed by atoms with E-state index < -0.39 is 6.35 Å². The van der Waals surface area contributed by atoms with Crippen LogP contribution < -0.4 is 10.2 Å². The van der Waals surface area contributed by atoms with Gasteiger partial charge in [0.2, 0.25) is 0 Å². The number of nitrogens with zero attached hydrogens (tertiary/aromatic N) is 3. The van der Waals surface area contributed by atoms with Crippen LogP contribution in [0, 0.1) is 6.92 Å². The lowest BCUT2D eigenvalue weighted by molar-refractivity contribution is 0.0513. The number of pyridine rings is 1. The molecule has 1 aromatic carbocycles. The zero-order valence-electron chi connectivity index (χ0n) is 16.5. The van der Waals surface area contributed by atoms with Gasteiger partial charge in [-0.2, -0.15) is 0 Å². The molecule has 2 heterocycles. The maximum Gasteiger partial charge on any atom is 0.185 e. The highest BCUT2D eigenvalue weighted by molar-refractivity contribution is 5.48. The third-order valence-electron chi connectivity index (χ3n) is 6.66. The summed E-state index contributed by atoms with van der Waals surface area (Å²) in [5, 5.41) is 14.2. The molecule has 1 aliphatic carbocycles. The van der Waals surface area contributed by atoms with Crippen molar-refractivity contribution in [3.8, 4) is 0 Å². The van der Waals surface area contributed by atoms with Gasteiger partial charge in [-0.05, 0) is 63.9 Å². The zero-order valence-corrected chi connectivity index (χ0v) is 16.5. The Balaban J connectivity index is 1.56. The molecule has 1 spiro atoms. The van der Waals surface area contributed by atoms with Gasteiger partial charge in [0.1, 0.15) is 5.82 Å². The number of aliphatic hydroxyl groups is 1. The van der Waals surface area contributed by atoms with Crippen molar-refractivity contribution >= 4 is 5.82 Å². The van der Waals surface area contributed by atoms with Gasteiger partial charge < -0.3 is 10.0 Å². The molecule has 2 aliphatic rings. The molecule has 5 nitrogen and oxygen atoms in total. The summed E-state index contributed by atoms with van der Waals surface area (Å²) in [4.78, 5) is 8.90. The van der Waals surface area contributed by atoms with E-state index in [2.05, 4.69) is 59.6 Å². The Kier molecular flexibility index (Phi) is 4.70. The Morgan fingerprint density at radius 3 is 2.41 bits per heavy atom.